The summed E-state index contributed by atoms with van der Waals surface area (Å²) in [5.74, 6) is 0. The molecule has 3 heteroatoms. The lowest BCUT2D eigenvalue weighted by Gasteiger charge is -2.37. The van der Waals surface area contributed by atoms with E-state index < -0.39 is 0 Å². The van der Waals surface area contributed by atoms with Gasteiger partial charge in [-0.05, 0) is 44.5 Å². The Morgan fingerprint density at radius 3 is 2.41 bits per heavy atom. The van der Waals surface area contributed by atoms with E-state index in [0.29, 0.717) is 12.2 Å². The molecule has 0 aromatic heterocycles. The zero-order chi connectivity index (χ0) is 12.4. The molecule has 3 nitrogen and oxygen atoms in total. The van der Waals surface area contributed by atoms with E-state index in [4.69, 9.17) is 4.74 Å². The number of rotatable bonds is 2. The number of morpholine rings is 1. The minimum Gasteiger partial charge on any atom is -0.388 e. The van der Waals surface area contributed by atoms with Crippen molar-refractivity contribution in [2.45, 2.75) is 33.0 Å². The Balaban J connectivity index is 2.21. The van der Waals surface area contributed by atoms with Crippen LogP contribution in [0.4, 0.5) is 11.4 Å². The Labute approximate surface area is 104 Å². The van der Waals surface area contributed by atoms with Crippen LogP contribution in [0.2, 0.25) is 0 Å². The average Bonchev–Trinajstić information content (AvgIpc) is 2.27. The zero-order valence-electron chi connectivity index (χ0n) is 11.2. The summed E-state index contributed by atoms with van der Waals surface area (Å²) < 4.78 is 5.77. The molecule has 0 amide bonds. The molecule has 0 radical (unpaired) electrons. The molecule has 0 spiro atoms. The number of hydrogen-bond acceptors (Lipinski definition) is 3. The van der Waals surface area contributed by atoms with Gasteiger partial charge < -0.3 is 15.0 Å². The van der Waals surface area contributed by atoms with Crippen LogP contribution in [0.1, 0.15) is 19.4 Å². The van der Waals surface area contributed by atoms with Crippen molar-refractivity contribution in [3.05, 3.63) is 23.8 Å². The molecule has 1 aromatic carbocycles. The van der Waals surface area contributed by atoms with Crippen molar-refractivity contribution >= 4 is 11.4 Å². The van der Waals surface area contributed by atoms with Crippen molar-refractivity contribution in [3.8, 4) is 0 Å². The van der Waals surface area contributed by atoms with E-state index in [1.807, 2.05) is 7.05 Å². The van der Waals surface area contributed by atoms with Crippen molar-refractivity contribution < 1.29 is 4.74 Å². The van der Waals surface area contributed by atoms with Gasteiger partial charge in [0.15, 0.2) is 0 Å². The highest BCUT2D eigenvalue weighted by Crippen LogP contribution is 2.26. The second-order valence-corrected chi connectivity index (χ2v) is 4.91. The van der Waals surface area contributed by atoms with E-state index in [1.165, 1.54) is 16.9 Å². The lowest BCUT2D eigenvalue weighted by molar-refractivity contribution is -0.00524. The highest BCUT2D eigenvalue weighted by molar-refractivity contribution is 5.60. The number of ether oxygens (including phenoxy) is 1. The fourth-order valence-electron chi connectivity index (χ4n) is 2.54. The van der Waals surface area contributed by atoms with E-state index in [2.05, 4.69) is 49.2 Å². The Morgan fingerprint density at radius 2 is 1.88 bits per heavy atom. The summed E-state index contributed by atoms with van der Waals surface area (Å²) in [6.07, 6.45) is 0.615. The van der Waals surface area contributed by atoms with E-state index >= 15 is 0 Å². The molecular weight excluding hydrogens is 212 g/mol. The van der Waals surface area contributed by atoms with Gasteiger partial charge >= 0.3 is 0 Å². The number of hydrogen-bond donors (Lipinski definition) is 1. The molecule has 0 unspecified atom stereocenters. The Bertz CT molecular complexity index is 382. The Morgan fingerprint density at radius 1 is 1.24 bits per heavy atom. The van der Waals surface area contributed by atoms with Crippen molar-refractivity contribution in [3.63, 3.8) is 0 Å². The van der Waals surface area contributed by atoms with Crippen LogP contribution in [0.5, 0.6) is 0 Å². The SMILES string of the molecule is CNc1ccc(N2C[C@@H](C)O[C@@H](C)C2)c(C)c1. The number of aryl methyl sites for hydroxylation is 1. The monoisotopic (exact) mass is 234 g/mol. The van der Waals surface area contributed by atoms with Crippen LogP contribution in [0, 0.1) is 6.92 Å². The molecule has 17 heavy (non-hydrogen) atoms. The highest BCUT2D eigenvalue weighted by atomic mass is 16.5. The standard InChI is InChI=1S/C14H22N2O/c1-10-7-13(15-4)5-6-14(10)16-8-11(2)17-12(3)9-16/h5-7,11-12,15H,8-9H2,1-4H3/t11-,12+. The molecule has 0 aliphatic carbocycles. The third-order valence-corrected chi connectivity index (χ3v) is 3.25. The quantitative estimate of drug-likeness (QED) is 0.851. The van der Waals surface area contributed by atoms with Gasteiger partial charge in [0.25, 0.3) is 0 Å². The zero-order valence-corrected chi connectivity index (χ0v) is 11.2. The molecule has 2 rings (SSSR count). The van der Waals surface area contributed by atoms with Crippen LogP contribution in [-0.4, -0.2) is 32.3 Å². The van der Waals surface area contributed by atoms with Gasteiger partial charge in [-0.15, -0.1) is 0 Å². The molecule has 2 atom stereocenters. The van der Waals surface area contributed by atoms with Gasteiger partial charge in [0.1, 0.15) is 0 Å². The van der Waals surface area contributed by atoms with Crippen molar-refractivity contribution in [2.24, 2.45) is 0 Å². The smallest absolute Gasteiger partial charge is 0.0726 e. The van der Waals surface area contributed by atoms with Gasteiger partial charge in [-0.25, -0.2) is 0 Å². The van der Waals surface area contributed by atoms with Gasteiger partial charge in [0, 0.05) is 31.5 Å². The molecule has 0 bridgehead atoms. The van der Waals surface area contributed by atoms with Crippen LogP contribution < -0.4 is 10.2 Å². The average molecular weight is 234 g/mol. The molecule has 94 valence electrons. The van der Waals surface area contributed by atoms with Crippen LogP contribution in [0.15, 0.2) is 18.2 Å². The first-order valence-electron chi connectivity index (χ1n) is 6.29. The molecule has 1 N–H and O–H groups in total. The number of nitrogens with one attached hydrogen (secondary N) is 1. The summed E-state index contributed by atoms with van der Waals surface area (Å²) in [4.78, 5) is 2.42. The summed E-state index contributed by atoms with van der Waals surface area (Å²) in [6, 6.07) is 6.53. The van der Waals surface area contributed by atoms with Gasteiger partial charge in [-0.3, -0.25) is 0 Å². The fourth-order valence-corrected chi connectivity index (χ4v) is 2.54. The first kappa shape index (κ1) is 12.2. The third kappa shape index (κ3) is 2.72. The lowest BCUT2D eigenvalue weighted by Crippen LogP contribution is -2.45. The summed E-state index contributed by atoms with van der Waals surface area (Å²) in [5.41, 5.74) is 3.81. The molecule has 1 aliphatic heterocycles. The molecule has 0 saturated carbocycles. The van der Waals surface area contributed by atoms with Crippen molar-refractivity contribution in [1.82, 2.24) is 0 Å². The fraction of sp³-hybridized carbons (Fsp3) is 0.571. The molecule has 1 saturated heterocycles. The van der Waals surface area contributed by atoms with E-state index in [1.54, 1.807) is 0 Å². The van der Waals surface area contributed by atoms with Crippen molar-refractivity contribution in [1.29, 1.82) is 0 Å². The first-order chi connectivity index (χ1) is 8.10. The summed E-state index contributed by atoms with van der Waals surface area (Å²) >= 11 is 0. The summed E-state index contributed by atoms with van der Waals surface area (Å²) in [5, 5.41) is 3.17. The molecule has 1 aromatic rings. The van der Waals surface area contributed by atoms with E-state index in [-0.39, 0.29) is 0 Å². The topological polar surface area (TPSA) is 24.5 Å². The van der Waals surface area contributed by atoms with Crippen LogP contribution >= 0.6 is 0 Å². The van der Waals surface area contributed by atoms with Gasteiger partial charge in [0.2, 0.25) is 0 Å². The minimum absolute atomic E-state index is 0.308. The highest BCUT2D eigenvalue weighted by Gasteiger charge is 2.23. The maximum atomic E-state index is 5.77. The maximum Gasteiger partial charge on any atom is 0.0726 e. The normalized spacial score (nSPS) is 24.8. The van der Waals surface area contributed by atoms with E-state index in [0.717, 1.165) is 13.1 Å². The lowest BCUT2D eigenvalue weighted by atomic mass is 10.1. The Kier molecular flexibility index (Phi) is 3.57. The van der Waals surface area contributed by atoms with Crippen molar-refractivity contribution in [2.75, 3.05) is 30.4 Å². The van der Waals surface area contributed by atoms with Gasteiger partial charge in [0.05, 0.1) is 12.2 Å². The molecular formula is C14H22N2O. The summed E-state index contributed by atoms with van der Waals surface area (Å²) in [6.45, 7) is 8.40. The second-order valence-electron chi connectivity index (χ2n) is 4.91. The van der Waals surface area contributed by atoms with Gasteiger partial charge in [-0.2, -0.15) is 0 Å². The van der Waals surface area contributed by atoms with E-state index in [9.17, 15) is 0 Å². The molecule has 1 fully saturated rings. The molecule has 1 aliphatic rings. The second kappa shape index (κ2) is 4.96. The number of benzene rings is 1. The summed E-state index contributed by atoms with van der Waals surface area (Å²) in [7, 11) is 1.95. The van der Waals surface area contributed by atoms with Gasteiger partial charge in [-0.1, -0.05) is 0 Å². The largest absolute Gasteiger partial charge is 0.388 e. The predicted octanol–water partition coefficient (Wildman–Crippen LogP) is 2.65. The first-order valence-corrected chi connectivity index (χ1v) is 6.29. The Hall–Kier alpha value is -1.22. The minimum atomic E-state index is 0.308. The molecule has 1 heterocycles. The number of anilines is 2. The predicted molar refractivity (Wildman–Crippen MR) is 72.9 cm³/mol. The van der Waals surface area contributed by atoms with Crippen LogP contribution in [0.3, 0.4) is 0 Å². The third-order valence-electron chi connectivity index (χ3n) is 3.25. The maximum absolute atomic E-state index is 5.77. The van der Waals surface area contributed by atoms with Crippen LogP contribution in [0.25, 0.3) is 0 Å². The number of nitrogens with zero attached hydrogens (tertiary/aromatic N) is 1. The van der Waals surface area contributed by atoms with Crippen LogP contribution in [-0.2, 0) is 4.74 Å².